The molecule has 0 fully saturated rings. The quantitative estimate of drug-likeness (QED) is 0.512. The zero-order valence-electron chi connectivity index (χ0n) is 15.3. The molecular formula is C19H19BrN4O3S. The molecule has 3 rings (SSSR count). The molecule has 9 heteroatoms. The van der Waals surface area contributed by atoms with Crippen LogP contribution in [0.1, 0.15) is 6.92 Å². The maximum absolute atomic E-state index is 12.3. The Kier molecular flexibility index (Phi) is 6.58. The minimum atomic E-state index is -0.157. The Morgan fingerprint density at radius 2 is 2.11 bits per heavy atom. The SMILES string of the molecule is CCn1c(SCC(=O)Nc2cccc(OC)c2)nnc1-c1cc(Br)ccc1O. The minimum absolute atomic E-state index is 0.123. The number of phenolic OH excluding ortho intramolecular Hbond substituents is 1. The van der Waals surface area contributed by atoms with Crippen molar-refractivity contribution in [3.05, 3.63) is 46.9 Å². The van der Waals surface area contributed by atoms with Crippen LogP contribution >= 0.6 is 27.7 Å². The van der Waals surface area contributed by atoms with Crippen molar-refractivity contribution in [3.63, 3.8) is 0 Å². The zero-order chi connectivity index (χ0) is 20.1. The van der Waals surface area contributed by atoms with Crippen molar-refractivity contribution in [2.45, 2.75) is 18.6 Å². The molecule has 0 radical (unpaired) electrons. The summed E-state index contributed by atoms with van der Waals surface area (Å²) >= 11 is 4.69. The Morgan fingerprint density at radius 1 is 1.29 bits per heavy atom. The highest BCUT2D eigenvalue weighted by atomic mass is 79.9. The molecule has 146 valence electrons. The van der Waals surface area contributed by atoms with E-state index >= 15 is 0 Å². The first kappa shape index (κ1) is 20.2. The summed E-state index contributed by atoms with van der Waals surface area (Å²) in [4.78, 5) is 12.3. The number of thioether (sulfide) groups is 1. The molecule has 1 amide bonds. The molecule has 1 heterocycles. The first-order valence-corrected chi connectivity index (χ1v) is 10.3. The fourth-order valence-electron chi connectivity index (χ4n) is 2.60. The summed E-state index contributed by atoms with van der Waals surface area (Å²) < 4.78 is 7.85. The summed E-state index contributed by atoms with van der Waals surface area (Å²) in [6.07, 6.45) is 0. The average molecular weight is 463 g/mol. The molecule has 1 aromatic heterocycles. The van der Waals surface area contributed by atoms with Crippen LogP contribution in [0.5, 0.6) is 11.5 Å². The van der Waals surface area contributed by atoms with E-state index in [1.54, 1.807) is 37.4 Å². The molecule has 0 spiro atoms. The lowest BCUT2D eigenvalue weighted by molar-refractivity contribution is -0.113. The number of carbonyl (C=O) groups is 1. The molecule has 7 nitrogen and oxygen atoms in total. The van der Waals surface area contributed by atoms with Gasteiger partial charge in [-0.2, -0.15) is 0 Å². The number of halogens is 1. The third-order valence-electron chi connectivity index (χ3n) is 3.92. The van der Waals surface area contributed by atoms with Gasteiger partial charge in [0.15, 0.2) is 11.0 Å². The maximum Gasteiger partial charge on any atom is 0.234 e. The molecule has 0 aliphatic heterocycles. The van der Waals surface area contributed by atoms with E-state index in [0.29, 0.717) is 34.5 Å². The number of nitrogens with zero attached hydrogens (tertiary/aromatic N) is 3. The lowest BCUT2D eigenvalue weighted by Gasteiger charge is -2.09. The number of aromatic nitrogens is 3. The van der Waals surface area contributed by atoms with Crippen molar-refractivity contribution >= 4 is 39.3 Å². The molecule has 0 atom stereocenters. The van der Waals surface area contributed by atoms with Gasteiger partial charge in [0.25, 0.3) is 0 Å². The lowest BCUT2D eigenvalue weighted by atomic mass is 10.2. The van der Waals surface area contributed by atoms with Gasteiger partial charge < -0.3 is 19.7 Å². The van der Waals surface area contributed by atoms with E-state index in [4.69, 9.17) is 4.74 Å². The third kappa shape index (κ3) is 4.66. The summed E-state index contributed by atoms with van der Waals surface area (Å²) in [5.41, 5.74) is 1.25. The Morgan fingerprint density at radius 3 is 2.86 bits per heavy atom. The number of anilines is 1. The fraction of sp³-hybridized carbons (Fsp3) is 0.211. The third-order valence-corrected chi connectivity index (χ3v) is 5.38. The number of rotatable bonds is 7. The molecule has 0 saturated carbocycles. The number of benzene rings is 2. The molecule has 2 aromatic carbocycles. The largest absolute Gasteiger partial charge is 0.507 e. The van der Waals surface area contributed by atoms with Gasteiger partial charge in [-0.3, -0.25) is 4.79 Å². The normalized spacial score (nSPS) is 10.7. The van der Waals surface area contributed by atoms with Gasteiger partial charge in [-0.15, -0.1) is 10.2 Å². The van der Waals surface area contributed by atoms with Crippen LogP contribution in [0, 0.1) is 0 Å². The second kappa shape index (κ2) is 9.11. The van der Waals surface area contributed by atoms with Crippen LogP contribution in [-0.2, 0) is 11.3 Å². The molecule has 3 aromatic rings. The van der Waals surface area contributed by atoms with E-state index in [9.17, 15) is 9.90 Å². The minimum Gasteiger partial charge on any atom is -0.507 e. The molecular weight excluding hydrogens is 444 g/mol. The van der Waals surface area contributed by atoms with Crippen LogP contribution < -0.4 is 10.1 Å². The number of phenols is 1. The first-order valence-electron chi connectivity index (χ1n) is 8.50. The number of carbonyl (C=O) groups excluding carboxylic acids is 1. The van der Waals surface area contributed by atoms with E-state index in [1.165, 1.54) is 11.8 Å². The van der Waals surface area contributed by atoms with Gasteiger partial charge in [-0.1, -0.05) is 33.8 Å². The summed E-state index contributed by atoms with van der Waals surface area (Å²) in [5.74, 6) is 1.37. The number of methoxy groups -OCH3 is 1. The zero-order valence-corrected chi connectivity index (χ0v) is 17.7. The molecule has 28 heavy (non-hydrogen) atoms. The Balaban J connectivity index is 1.72. The summed E-state index contributed by atoms with van der Waals surface area (Å²) in [5, 5.41) is 22.0. The summed E-state index contributed by atoms with van der Waals surface area (Å²) in [6.45, 7) is 2.57. The molecule has 0 unspecified atom stereocenters. The van der Waals surface area contributed by atoms with Crippen LogP contribution in [0.15, 0.2) is 52.1 Å². The predicted molar refractivity (Wildman–Crippen MR) is 113 cm³/mol. The van der Waals surface area contributed by atoms with E-state index in [1.807, 2.05) is 23.6 Å². The standard InChI is InChI=1S/C19H19BrN4O3S/c1-3-24-18(15-9-12(20)7-8-16(15)25)22-23-19(24)28-11-17(26)21-13-5-4-6-14(10-13)27-2/h4-10,25H,3,11H2,1-2H3,(H,21,26). The van der Waals surface area contributed by atoms with E-state index in [2.05, 4.69) is 31.4 Å². The fourth-order valence-corrected chi connectivity index (χ4v) is 3.76. The van der Waals surface area contributed by atoms with Crippen molar-refractivity contribution in [2.24, 2.45) is 0 Å². The van der Waals surface area contributed by atoms with Crippen LogP contribution in [-0.4, -0.2) is 38.6 Å². The Hall–Kier alpha value is -2.52. The van der Waals surface area contributed by atoms with Crippen LogP contribution in [0.4, 0.5) is 5.69 Å². The number of hydrogen-bond donors (Lipinski definition) is 2. The number of ether oxygens (including phenoxy) is 1. The van der Waals surface area contributed by atoms with Crippen molar-refractivity contribution < 1.29 is 14.6 Å². The van der Waals surface area contributed by atoms with Gasteiger partial charge in [0, 0.05) is 22.8 Å². The van der Waals surface area contributed by atoms with Crippen molar-refractivity contribution in [2.75, 3.05) is 18.2 Å². The maximum atomic E-state index is 12.3. The van der Waals surface area contributed by atoms with Gasteiger partial charge >= 0.3 is 0 Å². The first-order chi connectivity index (χ1) is 13.5. The van der Waals surface area contributed by atoms with Gasteiger partial charge in [0.05, 0.1) is 18.4 Å². The second-order valence-corrected chi connectivity index (χ2v) is 7.64. The van der Waals surface area contributed by atoms with E-state index in [-0.39, 0.29) is 17.4 Å². The Bertz CT molecular complexity index is 993. The summed E-state index contributed by atoms with van der Waals surface area (Å²) in [7, 11) is 1.58. The lowest BCUT2D eigenvalue weighted by Crippen LogP contribution is -2.14. The van der Waals surface area contributed by atoms with Crippen LogP contribution in [0.2, 0.25) is 0 Å². The molecule has 0 bridgehead atoms. The van der Waals surface area contributed by atoms with Crippen molar-refractivity contribution in [1.82, 2.24) is 14.8 Å². The average Bonchev–Trinajstić information content (AvgIpc) is 3.11. The van der Waals surface area contributed by atoms with Crippen molar-refractivity contribution in [1.29, 1.82) is 0 Å². The highest BCUT2D eigenvalue weighted by Gasteiger charge is 2.17. The monoisotopic (exact) mass is 462 g/mol. The van der Waals surface area contributed by atoms with Gasteiger partial charge in [-0.05, 0) is 37.3 Å². The molecule has 0 aliphatic carbocycles. The van der Waals surface area contributed by atoms with Gasteiger partial charge in [0.1, 0.15) is 11.5 Å². The number of aromatic hydroxyl groups is 1. The van der Waals surface area contributed by atoms with Crippen LogP contribution in [0.25, 0.3) is 11.4 Å². The van der Waals surface area contributed by atoms with Crippen molar-refractivity contribution in [3.8, 4) is 22.9 Å². The van der Waals surface area contributed by atoms with E-state index in [0.717, 1.165) is 4.47 Å². The number of hydrogen-bond acceptors (Lipinski definition) is 6. The number of amides is 1. The van der Waals surface area contributed by atoms with Gasteiger partial charge in [0.2, 0.25) is 5.91 Å². The predicted octanol–water partition coefficient (Wildman–Crippen LogP) is 4.17. The molecule has 0 saturated heterocycles. The smallest absolute Gasteiger partial charge is 0.234 e. The van der Waals surface area contributed by atoms with Gasteiger partial charge in [-0.25, -0.2) is 0 Å². The highest BCUT2D eigenvalue weighted by Crippen LogP contribution is 2.32. The van der Waals surface area contributed by atoms with E-state index < -0.39 is 0 Å². The second-order valence-electron chi connectivity index (χ2n) is 5.78. The molecule has 0 aliphatic rings. The highest BCUT2D eigenvalue weighted by molar-refractivity contribution is 9.10. The molecule has 2 N–H and O–H groups in total. The summed E-state index contributed by atoms with van der Waals surface area (Å²) in [6, 6.07) is 12.3. The Labute approximate surface area is 175 Å². The topological polar surface area (TPSA) is 89.3 Å². The number of nitrogens with one attached hydrogen (secondary N) is 1. The van der Waals surface area contributed by atoms with Crippen LogP contribution in [0.3, 0.4) is 0 Å².